The second kappa shape index (κ2) is 10.4. The number of carbonyl (C=O) groups excluding carboxylic acids is 2. The molecule has 0 aliphatic carbocycles. The molecule has 2 aromatic rings. The second-order valence-electron chi connectivity index (χ2n) is 7.60. The van der Waals surface area contributed by atoms with E-state index in [-0.39, 0.29) is 25.4 Å². The molecule has 0 bridgehead atoms. The number of nitro groups is 1. The zero-order chi connectivity index (χ0) is 23.0. The number of nitrogens with one attached hydrogen (secondary N) is 2. The molecule has 0 heterocycles. The summed E-state index contributed by atoms with van der Waals surface area (Å²) >= 11 is 0. The minimum atomic E-state index is -0.721. The number of ether oxygens (including phenoxy) is 2. The van der Waals surface area contributed by atoms with E-state index in [9.17, 15) is 24.8 Å². The van der Waals surface area contributed by atoms with Crippen molar-refractivity contribution in [2.45, 2.75) is 39.6 Å². The van der Waals surface area contributed by atoms with Gasteiger partial charge in [-0.25, -0.2) is 4.79 Å². The van der Waals surface area contributed by atoms with Gasteiger partial charge in [0.2, 0.25) is 5.91 Å². The van der Waals surface area contributed by atoms with E-state index in [0.717, 1.165) is 0 Å². The molecule has 0 spiro atoms. The Morgan fingerprint density at radius 2 is 1.74 bits per heavy atom. The number of aliphatic hydroxyl groups is 1. The zero-order valence-corrected chi connectivity index (χ0v) is 17.5. The van der Waals surface area contributed by atoms with Gasteiger partial charge < -0.3 is 25.2 Å². The van der Waals surface area contributed by atoms with Crippen LogP contribution in [0.3, 0.4) is 0 Å². The normalized spacial score (nSPS) is 10.8. The monoisotopic (exact) mass is 431 g/mol. The molecule has 2 aromatic carbocycles. The molecular formula is C21H25N3O7. The number of nitrogens with zero attached hydrogens (tertiary/aromatic N) is 1. The van der Waals surface area contributed by atoms with Crippen LogP contribution in [0.25, 0.3) is 0 Å². The van der Waals surface area contributed by atoms with Crippen LogP contribution >= 0.6 is 0 Å². The van der Waals surface area contributed by atoms with Gasteiger partial charge in [0.05, 0.1) is 17.2 Å². The number of amides is 2. The summed E-state index contributed by atoms with van der Waals surface area (Å²) in [5, 5.41) is 25.1. The fourth-order valence-corrected chi connectivity index (χ4v) is 2.44. The third-order valence-corrected chi connectivity index (χ3v) is 3.83. The number of non-ortho nitro benzene ring substituents is 1. The van der Waals surface area contributed by atoms with Gasteiger partial charge in [-0.2, -0.15) is 0 Å². The highest BCUT2D eigenvalue weighted by atomic mass is 16.6. The van der Waals surface area contributed by atoms with Gasteiger partial charge in [-0.15, -0.1) is 0 Å². The topological polar surface area (TPSA) is 140 Å². The minimum Gasteiger partial charge on any atom is -0.487 e. The Kier molecular flexibility index (Phi) is 7.92. The van der Waals surface area contributed by atoms with Crippen molar-refractivity contribution in [3.05, 3.63) is 63.7 Å². The quantitative estimate of drug-likeness (QED) is 0.431. The summed E-state index contributed by atoms with van der Waals surface area (Å²) in [4.78, 5) is 34.2. The van der Waals surface area contributed by atoms with E-state index < -0.39 is 22.5 Å². The Morgan fingerprint density at radius 3 is 2.32 bits per heavy atom. The van der Waals surface area contributed by atoms with Gasteiger partial charge in [-0.3, -0.25) is 14.9 Å². The minimum absolute atomic E-state index is 0.0264. The first-order chi connectivity index (χ1) is 14.6. The molecule has 0 unspecified atom stereocenters. The molecule has 0 atom stereocenters. The van der Waals surface area contributed by atoms with Crippen LogP contribution in [0.1, 0.15) is 31.9 Å². The summed E-state index contributed by atoms with van der Waals surface area (Å²) in [6, 6.07) is 10.7. The predicted octanol–water partition coefficient (Wildman–Crippen LogP) is 3.13. The number of anilines is 1. The van der Waals surface area contributed by atoms with Crippen molar-refractivity contribution in [2.75, 3.05) is 11.9 Å². The smallest absolute Gasteiger partial charge is 0.408 e. The Balaban J connectivity index is 2.02. The molecule has 0 aliphatic heterocycles. The van der Waals surface area contributed by atoms with E-state index in [0.29, 0.717) is 22.6 Å². The van der Waals surface area contributed by atoms with Crippen LogP contribution < -0.4 is 15.4 Å². The van der Waals surface area contributed by atoms with Crippen molar-refractivity contribution >= 4 is 23.4 Å². The lowest BCUT2D eigenvalue weighted by molar-refractivity contribution is -0.384. The van der Waals surface area contributed by atoms with Gasteiger partial charge in [0.1, 0.15) is 24.5 Å². The van der Waals surface area contributed by atoms with E-state index in [4.69, 9.17) is 9.47 Å². The number of rotatable bonds is 8. The van der Waals surface area contributed by atoms with Crippen LogP contribution in [0.2, 0.25) is 0 Å². The van der Waals surface area contributed by atoms with Gasteiger partial charge >= 0.3 is 6.09 Å². The van der Waals surface area contributed by atoms with Crippen molar-refractivity contribution in [3.8, 4) is 5.75 Å². The maximum absolute atomic E-state index is 12.2. The number of hydrogen-bond acceptors (Lipinski definition) is 7. The molecule has 0 radical (unpaired) electrons. The molecule has 0 saturated heterocycles. The summed E-state index contributed by atoms with van der Waals surface area (Å²) in [6.07, 6.45) is -0.721. The first-order valence-corrected chi connectivity index (χ1v) is 9.44. The first kappa shape index (κ1) is 23.6. The van der Waals surface area contributed by atoms with E-state index in [1.54, 1.807) is 51.1 Å². The molecule has 10 nitrogen and oxygen atoms in total. The highest BCUT2D eigenvalue weighted by molar-refractivity contribution is 5.95. The van der Waals surface area contributed by atoms with E-state index in [2.05, 4.69) is 10.6 Å². The molecule has 2 amide bonds. The Labute approximate surface area is 179 Å². The standard InChI is InChI=1S/C21H25N3O7/c1-21(2,3)31-20(27)22-11-19(26)23-17-10-15(12-25)6-9-18(17)30-13-14-4-7-16(8-5-14)24(28)29/h4-10,25H,11-13H2,1-3H3,(H,22,27)(H,23,26). The fraction of sp³-hybridized carbons (Fsp3) is 0.333. The number of benzene rings is 2. The van der Waals surface area contributed by atoms with E-state index in [1.807, 2.05) is 0 Å². The highest BCUT2D eigenvalue weighted by Crippen LogP contribution is 2.27. The van der Waals surface area contributed by atoms with Crippen LogP contribution in [0.4, 0.5) is 16.2 Å². The van der Waals surface area contributed by atoms with Crippen LogP contribution in [0, 0.1) is 10.1 Å². The maximum Gasteiger partial charge on any atom is 0.408 e. The lowest BCUT2D eigenvalue weighted by Crippen LogP contribution is -2.37. The average Bonchev–Trinajstić information content (AvgIpc) is 2.70. The van der Waals surface area contributed by atoms with Crippen LogP contribution in [-0.2, 0) is 22.7 Å². The van der Waals surface area contributed by atoms with Crippen LogP contribution in [-0.4, -0.2) is 34.2 Å². The molecular weight excluding hydrogens is 406 g/mol. The third-order valence-electron chi connectivity index (χ3n) is 3.83. The largest absolute Gasteiger partial charge is 0.487 e. The zero-order valence-electron chi connectivity index (χ0n) is 17.5. The SMILES string of the molecule is CC(C)(C)OC(=O)NCC(=O)Nc1cc(CO)ccc1OCc1ccc([N+](=O)[O-])cc1. The van der Waals surface area contributed by atoms with Gasteiger partial charge in [0.15, 0.2) is 0 Å². The molecule has 0 saturated carbocycles. The lowest BCUT2D eigenvalue weighted by atomic mass is 10.2. The third kappa shape index (κ3) is 7.94. The Hall–Kier alpha value is -3.66. The molecule has 0 fully saturated rings. The first-order valence-electron chi connectivity index (χ1n) is 9.44. The van der Waals surface area contributed by atoms with Gasteiger partial charge in [-0.1, -0.05) is 6.07 Å². The molecule has 3 N–H and O–H groups in total. The number of hydrogen-bond donors (Lipinski definition) is 3. The van der Waals surface area contributed by atoms with Crippen molar-refractivity contribution in [1.82, 2.24) is 5.32 Å². The summed E-state index contributed by atoms with van der Waals surface area (Å²) in [5.74, 6) is -0.178. The lowest BCUT2D eigenvalue weighted by Gasteiger charge is -2.19. The predicted molar refractivity (Wildman–Crippen MR) is 113 cm³/mol. The number of alkyl carbamates (subject to hydrolysis) is 1. The maximum atomic E-state index is 12.2. The molecule has 31 heavy (non-hydrogen) atoms. The van der Waals surface area contributed by atoms with Crippen molar-refractivity contribution < 1.29 is 29.1 Å². The number of aliphatic hydroxyl groups excluding tert-OH is 1. The van der Waals surface area contributed by atoms with Crippen LogP contribution in [0.5, 0.6) is 5.75 Å². The number of nitro benzene ring substituents is 1. The van der Waals surface area contributed by atoms with Gasteiger partial charge in [0, 0.05) is 12.1 Å². The molecule has 2 rings (SSSR count). The molecule has 0 aliphatic rings. The van der Waals surface area contributed by atoms with Crippen molar-refractivity contribution in [1.29, 1.82) is 0 Å². The summed E-state index contributed by atoms with van der Waals surface area (Å²) in [5.41, 5.74) is 0.847. The summed E-state index contributed by atoms with van der Waals surface area (Å²) in [7, 11) is 0. The van der Waals surface area contributed by atoms with Crippen LogP contribution in [0.15, 0.2) is 42.5 Å². The van der Waals surface area contributed by atoms with E-state index in [1.165, 1.54) is 12.1 Å². The summed E-state index contributed by atoms with van der Waals surface area (Å²) < 4.78 is 10.8. The molecule has 0 aromatic heterocycles. The Bertz CT molecular complexity index is 937. The van der Waals surface area contributed by atoms with Crippen molar-refractivity contribution in [3.63, 3.8) is 0 Å². The fourth-order valence-electron chi connectivity index (χ4n) is 2.44. The molecule has 10 heteroatoms. The Morgan fingerprint density at radius 1 is 1.10 bits per heavy atom. The van der Waals surface area contributed by atoms with Gasteiger partial charge in [0.25, 0.3) is 5.69 Å². The van der Waals surface area contributed by atoms with E-state index >= 15 is 0 Å². The molecule has 166 valence electrons. The number of carbonyl (C=O) groups is 2. The summed E-state index contributed by atoms with van der Waals surface area (Å²) in [6.45, 7) is 4.68. The highest BCUT2D eigenvalue weighted by Gasteiger charge is 2.17. The average molecular weight is 431 g/mol. The van der Waals surface area contributed by atoms with Gasteiger partial charge in [-0.05, 0) is 56.2 Å². The van der Waals surface area contributed by atoms with Crippen molar-refractivity contribution in [2.24, 2.45) is 0 Å². The second-order valence-corrected chi connectivity index (χ2v) is 7.60.